The molecule has 5 nitrogen and oxygen atoms in total. The van der Waals surface area contributed by atoms with Gasteiger partial charge in [-0.15, -0.1) is 0 Å². The summed E-state index contributed by atoms with van der Waals surface area (Å²) in [5.74, 6) is 0.483. The Morgan fingerprint density at radius 2 is 2.24 bits per heavy atom. The first-order valence-corrected chi connectivity index (χ1v) is 5.23. The molecule has 2 aromatic heterocycles. The second-order valence-electron chi connectivity index (χ2n) is 3.72. The van der Waals surface area contributed by atoms with Gasteiger partial charge in [-0.25, -0.2) is 4.98 Å². The molecule has 0 aliphatic carbocycles. The van der Waals surface area contributed by atoms with Crippen molar-refractivity contribution in [1.82, 2.24) is 14.8 Å². The lowest BCUT2D eigenvalue weighted by molar-refractivity contribution is 0.111. The van der Waals surface area contributed by atoms with Gasteiger partial charge >= 0.3 is 0 Å². The minimum atomic E-state index is 0.320. The molecule has 0 saturated carbocycles. The van der Waals surface area contributed by atoms with Crippen LogP contribution in [0.15, 0.2) is 24.4 Å². The van der Waals surface area contributed by atoms with E-state index in [-0.39, 0.29) is 0 Å². The number of hydrogen-bond acceptors (Lipinski definition) is 4. The fraction of sp³-hybridized carbons (Fsp3) is 0.250. The standard InChI is InChI=1S/C12H13N3O2/c1-9-3-4-12(11(7-16)13-9)17-8-10-5-6-15(2)14-10/h3-7H,8H2,1-2H3. The summed E-state index contributed by atoms with van der Waals surface area (Å²) < 4.78 is 7.21. The van der Waals surface area contributed by atoms with Crippen molar-refractivity contribution >= 4 is 6.29 Å². The van der Waals surface area contributed by atoms with Crippen molar-refractivity contribution in [2.24, 2.45) is 7.05 Å². The monoisotopic (exact) mass is 231 g/mol. The van der Waals surface area contributed by atoms with Gasteiger partial charge in [0.05, 0.1) is 5.69 Å². The Hall–Kier alpha value is -2.17. The van der Waals surface area contributed by atoms with Crippen molar-refractivity contribution in [2.45, 2.75) is 13.5 Å². The van der Waals surface area contributed by atoms with Crippen LogP contribution in [-0.2, 0) is 13.7 Å². The highest BCUT2D eigenvalue weighted by molar-refractivity contribution is 5.76. The van der Waals surface area contributed by atoms with Crippen LogP contribution in [0, 0.1) is 6.92 Å². The van der Waals surface area contributed by atoms with Gasteiger partial charge in [0.15, 0.2) is 6.29 Å². The van der Waals surface area contributed by atoms with Crippen LogP contribution in [0.4, 0.5) is 0 Å². The smallest absolute Gasteiger partial charge is 0.172 e. The zero-order chi connectivity index (χ0) is 12.3. The molecule has 0 aromatic carbocycles. The van der Waals surface area contributed by atoms with E-state index in [0.29, 0.717) is 24.3 Å². The maximum atomic E-state index is 10.8. The first-order valence-electron chi connectivity index (χ1n) is 5.23. The number of nitrogens with zero attached hydrogens (tertiary/aromatic N) is 3. The van der Waals surface area contributed by atoms with Crippen molar-refractivity contribution in [2.75, 3.05) is 0 Å². The Balaban J connectivity index is 2.11. The van der Waals surface area contributed by atoms with Gasteiger partial charge in [-0.2, -0.15) is 5.10 Å². The first kappa shape index (κ1) is 11.3. The number of aromatic nitrogens is 3. The number of pyridine rings is 1. The predicted molar refractivity (Wildman–Crippen MR) is 61.9 cm³/mol. The summed E-state index contributed by atoms with van der Waals surface area (Å²) >= 11 is 0. The number of aldehydes is 1. The molecule has 17 heavy (non-hydrogen) atoms. The van der Waals surface area contributed by atoms with Gasteiger partial charge in [-0.1, -0.05) is 0 Å². The molecule has 2 aromatic rings. The zero-order valence-corrected chi connectivity index (χ0v) is 9.75. The van der Waals surface area contributed by atoms with Crippen LogP contribution in [-0.4, -0.2) is 21.1 Å². The quantitative estimate of drug-likeness (QED) is 0.748. The topological polar surface area (TPSA) is 57.0 Å². The van der Waals surface area contributed by atoms with Gasteiger partial charge in [-0.3, -0.25) is 9.48 Å². The second-order valence-corrected chi connectivity index (χ2v) is 3.72. The number of hydrogen-bond donors (Lipinski definition) is 0. The molecule has 88 valence electrons. The van der Waals surface area contributed by atoms with Crippen LogP contribution in [0.5, 0.6) is 5.75 Å². The van der Waals surface area contributed by atoms with Crippen LogP contribution in [0.2, 0.25) is 0 Å². The average Bonchev–Trinajstić information content (AvgIpc) is 2.73. The van der Waals surface area contributed by atoms with E-state index in [1.807, 2.05) is 26.2 Å². The lowest BCUT2D eigenvalue weighted by atomic mass is 10.3. The van der Waals surface area contributed by atoms with Crippen molar-refractivity contribution in [1.29, 1.82) is 0 Å². The highest BCUT2D eigenvalue weighted by Gasteiger charge is 2.06. The molecule has 0 aliphatic rings. The number of aryl methyl sites for hydroxylation is 2. The Kier molecular flexibility index (Phi) is 3.18. The van der Waals surface area contributed by atoms with Crippen LogP contribution in [0.25, 0.3) is 0 Å². The zero-order valence-electron chi connectivity index (χ0n) is 9.75. The molecule has 0 atom stereocenters. The summed E-state index contributed by atoms with van der Waals surface area (Å²) in [7, 11) is 1.84. The van der Waals surface area contributed by atoms with Crippen molar-refractivity contribution in [3.63, 3.8) is 0 Å². The molecule has 0 N–H and O–H groups in total. The maximum absolute atomic E-state index is 10.8. The van der Waals surface area contributed by atoms with E-state index in [2.05, 4.69) is 10.1 Å². The van der Waals surface area contributed by atoms with Crippen LogP contribution in [0.3, 0.4) is 0 Å². The minimum Gasteiger partial charge on any atom is -0.485 e. The third kappa shape index (κ3) is 2.69. The number of rotatable bonds is 4. The first-order chi connectivity index (χ1) is 8.19. The lowest BCUT2D eigenvalue weighted by Crippen LogP contribution is -2.02. The van der Waals surface area contributed by atoms with E-state index in [1.54, 1.807) is 16.8 Å². The highest BCUT2D eigenvalue weighted by Crippen LogP contribution is 2.16. The summed E-state index contributed by atoms with van der Waals surface area (Å²) in [5, 5.41) is 4.18. The molecule has 2 rings (SSSR count). The number of carbonyl (C=O) groups is 1. The molecular weight excluding hydrogens is 218 g/mol. The molecule has 0 unspecified atom stereocenters. The summed E-state index contributed by atoms with van der Waals surface area (Å²) in [5.41, 5.74) is 1.92. The van der Waals surface area contributed by atoms with Crippen LogP contribution >= 0.6 is 0 Å². The van der Waals surface area contributed by atoms with E-state index in [9.17, 15) is 4.79 Å². The molecule has 5 heteroatoms. The normalized spacial score (nSPS) is 10.2. The van der Waals surface area contributed by atoms with Gasteiger partial charge in [0.25, 0.3) is 0 Å². The summed E-state index contributed by atoms with van der Waals surface area (Å²) in [4.78, 5) is 14.9. The average molecular weight is 231 g/mol. The minimum absolute atomic E-state index is 0.320. The van der Waals surface area contributed by atoms with Gasteiger partial charge < -0.3 is 4.74 Å². The Morgan fingerprint density at radius 1 is 1.41 bits per heavy atom. The molecular formula is C12H13N3O2. The third-order valence-corrected chi connectivity index (χ3v) is 2.28. The van der Waals surface area contributed by atoms with E-state index >= 15 is 0 Å². The van der Waals surface area contributed by atoms with Crippen LogP contribution in [0.1, 0.15) is 21.9 Å². The fourth-order valence-corrected chi connectivity index (χ4v) is 1.46. The number of ether oxygens (including phenoxy) is 1. The van der Waals surface area contributed by atoms with E-state index in [0.717, 1.165) is 11.4 Å². The van der Waals surface area contributed by atoms with Crippen molar-refractivity contribution in [3.05, 3.63) is 41.5 Å². The summed E-state index contributed by atoms with van der Waals surface area (Å²) in [6, 6.07) is 5.41. The van der Waals surface area contributed by atoms with Gasteiger partial charge in [0.2, 0.25) is 0 Å². The van der Waals surface area contributed by atoms with Gasteiger partial charge in [0.1, 0.15) is 18.1 Å². The predicted octanol–water partition coefficient (Wildman–Crippen LogP) is 1.52. The molecule has 2 heterocycles. The Morgan fingerprint density at radius 3 is 2.88 bits per heavy atom. The summed E-state index contributed by atoms with van der Waals surface area (Å²) in [6.45, 7) is 2.15. The molecule has 0 amide bonds. The van der Waals surface area contributed by atoms with E-state index in [1.165, 1.54) is 0 Å². The largest absolute Gasteiger partial charge is 0.485 e. The van der Waals surface area contributed by atoms with Gasteiger partial charge in [-0.05, 0) is 25.1 Å². The Bertz CT molecular complexity index is 534. The SMILES string of the molecule is Cc1ccc(OCc2ccn(C)n2)c(C=O)n1. The third-order valence-electron chi connectivity index (χ3n) is 2.28. The highest BCUT2D eigenvalue weighted by atomic mass is 16.5. The van der Waals surface area contributed by atoms with Crippen molar-refractivity contribution in [3.8, 4) is 5.75 Å². The second kappa shape index (κ2) is 4.78. The van der Waals surface area contributed by atoms with Crippen molar-refractivity contribution < 1.29 is 9.53 Å². The molecule has 0 bridgehead atoms. The molecule has 0 radical (unpaired) electrons. The van der Waals surface area contributed by atoms with E-state index < -0.39 is 0 Å². The maximum Gasteiger partial charge on any atom is 0.172 e. The Labute approximate surface area is 99.1 Å². The van der Waals surface area contributed by atoms with E-state index in [4.69, 9.17) is 4.74 Å². The fourth-order valence-electron chi connectivity index (χ4n) is 1.46. The molecule has 0 fully saturated rings. The molecule has 0 saturated heterocycles. The molecule has 0 aliphatic heterocycles. The number of carbonyl (C=O) groups excluding carboxylic acids is 1. The van der Waals surface area contributed by atoms with Crippen LogP contribution < -0.4 is 4.74 Å². The molecule has 0 spiro atoms. The lowest BCUT2D eigenvalue weighted by Gasteiger charge is -2.06. The van der Waals surface area contributed by atoms with Gasteiger partial charge in [0, 0.05) is 18.9 Å². The summed E-state index contributed by atoms with van der Waals surface area (Å²) in [6.07, 6.45) is 2.54.